The van der Waals surface area contributed by atoms with Gasteiger partial charge in [0.05, 0.1) is 0 Å². The van der Waals surface area contributed by atoms with E-state index < -0.39 is 17.7 Å². The van der Waals surface area contributed by atoms with Crippen molar-refractivity contribution in [2.45, 2.75) is 25.8 Å². The Hall–Kier alpha value is -0.960. The molecule has 0 aromatic heterocycles. The molecule has 1 aromatic rings. The molecule has 2 N–H and O–H groups in total. The second-order valence-electron chi connectivity index (χ2n) is 4.39. The number of benzene rings is 1. The summed E-state index contributed by atoms with van der Waals surface area (Å²) in [5.74, 6) is -0.0229. The summed E-state index contributed by atoms with van der Waals surface area (Å²) in [4.78, 5) is 0. The molecule has 2 unspecified atom stereocenters. The predicted octanol–water partition coefficient (Wildman–Crippen LogP) is 3.01. The predicted molar refractivity (Wildman–Crippen MR) is 55.2 cm³/mol. The molecule has 0 aliphatic heterocycles. The summed E-state index contributed by atoms with van der Waals surface area (Å²) in [7, 11) is 0. The molecule has 1 aromatic carbocycles. The van der Waals surface area contributed by atoms with E-state index in [2.05, 4.69) is 0 Å². The van der Waals surface area contributed by atoms with Gasteiger partial charge in [0.1, 0.15) is 11.6 Å². The Morgan fingerprint density at radius 1 is 1.33 bits per heavy atom. The number of halogens is 2. The Morgan fingerprint density at radius 3 is 2.60 bits per heavy atom. The van der Waals surface area contributed by atoms with Crippen LogP contribution in [0.2, 0.25) is 0 Å². The van der Waals surface area contributed by atoms with Crippen molar-refractivity contribution in [3.63, 3.8) is 0 Å². The van der Waals surface area contributed by atoms with Crippen molar-refractivity contribution in [2.24, 2.45) is 17.6 Å². The summed E-state index contributed by atoms with van der Waals surface area (Å²) >= 11 is 0. The normalized spacial score (nSPS) is 20.0. The number of hydrogen-bond donors (Lipinski definition) is 1. The van der Waals surface area contributed by atoms with E-state index in [0.717, 1.165) is 25.0 Å². The van der Waals surface area contributed by atoms with Crippen LogP contribution in [0, 0.1) is 23.5 Å². The summed E-state index contributed by atoms with van der Waals surface area (Å²) in [5.41, 5.74) is 6.24. The van der Waals surface area contributed by atoms with Gasteiger partial charge in [-0.3, -0.25) is 0 Å². The maximum absolute atomic E-state index is 13.4. The van der Waals surface area contributed by atoms with Crippen LogP contribution in [0.15, 0.2) is 18.2 Å². The minimum Gasteiger partial charge on any atom is -0.324 e. The van der Waals surface area contributed by atoms with Crippen LogP contribution in [0.1, 0.15) is 31.4 Å². The van der Waals surface area contributed by atoms with Gasteiger partial charge in [0, 0.05) is 11.6 Å². The smallest absolute Gasteiger partial charge is 0.128 e. The third-order valence-electron chi connectivity index (χ3n) is 3.25. The highest BCUT2D eigenvalue weighted by Crippen LogP contribution is 2.42. The van der Waals surface area contributed by atoms with Gasteiger partial charge in [-0.05, 0) is 42.9 Å². The van der Waals surface area contributed by atoms with E-state index in [-0.39, 0.29) is 5.92 Å². The Balaban J connectivity index is 2.23. The SMILES string of the molecule is CC(C1CC1)C(N)c1cc(F)ccc1F. The molecule has 1 aliphatic carbocycles. The molecule has 0 heterocycles. The second kappa shape index (κ2) is 3.89. The van der Waals surface area contributed by atoms with Gasteiger partial charge in [-0.1, -0.05) is 6.92 Å². The van der Waals surface area contributed by atoms with Gasteiger partial charge in [-0.15, -0.1) is 0 Å². The zero-order chi connectivity index (χ0) is 11.0. The van der Waals surface area contributed by atoms with Crippen LogP contribution < -0.4 is 5.73 Å². The molecule has 0 saturated heterocycles. The minimum absolute atomic E-state index is 0.223. The van der Waals surface area contributed by atoms with Gasteiger partial charge in [0.25, 0.3) is 0 Å². The summed E-state index contributed by atoms with van der Waals surface area (Å²) in [6.07, 6.45) is 2.32. The molecule has 2 rings (SSSR count). The molecule has 1 fully saturated rings. The summed E-state index contributed by atoms with van der Waals surface area (Å²) in [5, 5.41) is 0. The number of nitrogens with two attached hydrogens (primary N) is 1. The van der Waals surface area contributed by atoms with Crippen molar-refractivity contribution < 1.29 is 8.78 Å². The first-order chi connectivity index (χ1) is 7.09. The second-order valence-corrected chi connectivity index (χ2v) is 4.39. The molecular formula is C12H15F2N. The number of rotatable bonds is 3. The first-order valence-corrected chi connectivity index (χ1v) is 5.30. The zero-order valence-corrected chi connectivity index (χ0v) is 8.71. The molecule has 15 heavy (non-hydrogen) atoms. The van der Waals surface area contributed by atoms with Gasteiger partial charge in [0.15, 0.2) is 0 Å². The third-order valence-corrected chi connectivity index (χ3v) is 3.25. The van der Waals surface area contributed by atoms with Crippen molar-refractivity contribution in [3.8, 4) is 0 Å². The molecular weight excluding hydrogens is 196 g/mol. The topological polar surface area (TPSA) is 26.0 Å². The van der Waals surface area contributed by atoms with Crippen LogP contribution in [0.4, 0.5) is 8.78 Å². The minimum atomic E-state index is -0.426. The molecule has 1 saturated carbocycles. The number of hydrogen-bond acceptors (Lipinski definition) is 1. The molecule has 82 valence electrons. The van der Waals surface area contributed by atoms with E-state index in [1.807, 2.05) is 6.92 Å². The van der Waals surface area contributed by atoms with Crippen LogP contribution in [0.3, 0.4) is 0 Å². The van der Waals surface area contributed by atoms with Crippen molar-refractivity contribution >= 4 is 0 Å². The van der Waals surface area contributed by atoms with Crippen LogP contribution in [-0.4, -0.2) is 0 Å². The molecule has 0 spiro atoms. The van der Waals surface area contributed by atoms with E-state index >= 15 is 0 Å². The summed E-state index contributed by atoms with van der Waals surface area (Å²) in [6, 6.07) is 3.07. The Bertz CT molecular complexity index is 361. The average Bonchev–Trinajstić information content (AvgIpc) is 3.03. The Labute approximate surface area is 88.3 Å². The molecule has 3 heteroatoms. The largest absolute Gasteiger partial charge is 0.324 e. The highest BCUT2D eigenvalue weighted by molar-refractivity contribution is 5.23. The first kappa shape index (κ1) is 10.6. The molecule has 0 amide bonds. The third kappa shape index (κ3) is 2.17. The van der Waals surface area contributed by atoms with Crippen LogP contribution >= 0.6 is 0 Å². The average molecular weight is 211 g/mol. The Kier molecular flexibility index (Phi) is 2.74. The molecule has 1 aliphatic rings. The van der Waals surface area contributed by atoms with Gasteiger partial charge < -0.3 is 5.73 Å². The van der Waals surface area contributed by atoms with E-state index in [0.29, 0.717) is 11.5 Å². The lowest BCUT2D eigenvalue weighted by Crippen LogP contribution is -2.22. The lowest BCUT2D eigenvalue weighted by molar-refractivity contribution is 0.403. The molecule has 1 nitrogen and oxygen atoms in total. The van der Waals surface area contributed by atoms with Crippen LogP contribution in [-0.2, 0) is 0 Å². The quantitative estimate of drug-likeness (QED) is 0.817. The van der Waals surface area contributed by atoms with Crippen LogP contribution in [0.5, 0.6) is 0 Å². The standard InChI is InChI=1S/C12H15F2N/c1-7(8-2-3-8)12(15)10-6-9(13)4-5-11(10)14/h4-8,12H,2-3,15H2,1H3. The maximum Gasteiger partial charge on any atom is 0.128 e. The zero-order valence-electron chi connectivity index (χ0n) is 8.71. The van der Waals surface area contributed by atoms with Gasteiger partial charge in [-0.2, -0.15) is 0 Å². The molecule has 2 atom stereocenters. The lowest BCUT2D eigenvalue weighted by Gasteiger charge is -2.20. The van der Waals surface area contributed by atoms with Crippen LogP contribution in [0.25, 0.3) is 0 Å². The fraction of sp³-hybridized carbons (Fsp3) is 0.500. The Morgan fingerprint density at radius 2 is 2.00 bits per heavy atom. The van der Waals surface area contributed by atoms with E-state index in [1.54, 1.807) is 0 Å². The van der Waals surface area contributed by atoms with E-state index in [1.165, 1.54) is 6.07 Å². The highest BCUT2D eigenvalue weighted by Gasteiger charge is 2.33. The highest BCUT2D eigenvalue weighted by atomic mass is 19.1. The molecule has 0 bridgehead atoms. The summed E-state index contributed by atoms with van der Waals surface area (Å²) in [6.45, 7) is 2.01. The van der Waals surface area contributed by atoms with Crippen molar-refractivity contribution in [1.82, 2.24) is 0 Å². The van der Waals surface area contributed by atoms with Gasteiger partial charge in [-0.25, -0.2) is 8.78 Å². The summed E-state index contributed by atoms with van der Waals surface area (Å²) < 4.78 is 26.4. The van der Waals surface area contributed by atoms with Gasteiger partial charge in [0.2, 0.25) is 0 Å². The lowest BCUT2D eigenvalue weighted by atomic mass is 9.91. The van der Waals surface area contributed by atoms with Gasteiger partial charge >= 0.3 is 0 Å². The fourth-order valence-electron chi connectivity index (χ4n) is 1.97. The van der Waals surface area contributed by atoms with Crippen molar-refractivity contribution in [3.05, 3.63) is 35.4 Å². The molecule has 0 radical (unpaired) electrons. The van der Waals surface area contributed by atoms with E-state index in [4.69, 9.17) is 5.73 Å². The van der Waals surface area contributed by atoms with Crippen molar-refractivity contribution in [1.29, 1.82) is 0 Å². The van der Waals surface area contributed by atoms with E-state index in [9.17, 15) is 8.78 Å². The monoisotopic (exact) mass is 211 g/mol. The fourth-order valence-corrected chi connectivity index (χ4v) is 1.97. The first-order valence-electron chi connectivity index (χ1n) is 5.30. The maximum atomic E-state index is 13.4. The van der Waals surface area contributed by atoms with Crippen molar-refractivity contribution in [2.75, 3.05) is 0 Å².